The predicted octanol–water partition coefficient (Wildman–Crippen LogP) is 0.0664. The standard InChI is InChI=1S/C12H21N3O4S/c1-3-14(2)10(16)7-13-12(19)15-4-5-20-8-9(15)6-11(17)18/h9H,3-8H2,1-2H3,(H,13,19)(H,17,18). The molecule has 1 fully saturated rings. The number of nitrogens with zero attached hydrogens (tertiary/aromatic N) is 2. The second-order valence-electron chi connectivity index (χ2n) is 4.59. The lowest BCUT2D eigenvalue weighted by atomic mass is 10.2. The number of carboxylic acid groups (broad SMARTS) is 1. The van der Waals surface area contributed by atoms with Gasteiger partial charge in [-0.3, -0.25) is 9.59 Å². The zero-order valence-electron chi connectivity index (χ0n) is 11.8. The maximum absolute atomic E-state index is 12.0. The number of carbonyl (C=O) groups is 3. The lowest BCUT2D eigenvalue weighted by Crippen LogP contribution is -2.52. The summed E-state index contributed by atoms with van der Waals surface area (Å²) in [7, 11) is 1.67. The Morgan fingerprint density at radius 1 is 1.45 bits per heavy atom. The van der Waals surface area contributed by atoms with Crippen molar-refractivity contribution in [1.29, 1.82) is 0 Å². The lowest BCUT2D eigenvalue weighted by molar-refractivity contribution is -0.138. The molecule has 8 heteroatoms. The first kappa shape index (κ1) is 16.6. The molecule has 2 N–H and O–H groups in total. The first-order valence-electron chi connectivity index (χ1n) is 6.53. The van der Waals surface area contributed by atoms with Crippen LogP contribution in [-0.2, 0) is 9.59 Å². The SMILES string of the molecule is CCN(C)C(=O)CNC(=O)N1CCSCC1CC(=O)O. The third-order valence-electron chi connectivity index (χ3n) is 3.19. The van der Waals surface area contributed by atoms with Gasteiger partial charge in [-0.05, 0) is 6.92 Å². The Balaban J connectivity index is 2.51. The van der Waals surface area contributed by atoms with E-state index in [4.69, 9.17) is 5.11 Å². The minimum atomic E-state index is -0.919. The van der Waals surface area contributed by atoms with Gasteiger partial charge in [0.1, 0.15) is 0 Å². The van der Waals surface area contributed by atoms with E-state index in [0.29, 0.717) is 18.8 Å². The van der Waals surface area contributed by atoms with E-state index >= 15 is 0 Å². The number of carbonyl (C=O) groups excluding carboxylic acids is 2. The van der Waals surface area contributed by atoms with E-state index in [2.05, 4.69) is 5.32 Å². The molecule has 20 heavy (non-hydrogen) atoms. The molecule has 0 bridgehead atoms. The van der Waals surface area contributed by atoms with E-state index in [1.807, 2.05) is 6.92 Å². The van der Waals surface area contributed by atoms with E-state index in [-0.39, 0.29) is 30.9 Å². The Morgan fingerprint density at radius 3 is 2.75 bits per heavy atom. The fourth-order valence-electron chi connectivity index (χ4n) is 1.86. The van der Waals surface area contributed by atoms with Crippen molar-refractivity contribution in [3.8, 4) is 0 Å². The average molecular weight is 303 g/mol. The van der Waals surface area contributed by atoms with Gasteiger partial charge in [0.25, 0.3) is 0 Å². The maximum atomic E-state index is 12.0. The fourth-order valence-corrected chi connectivity index (χ4v) is 2.92. The van der Waals surface area contributed by atoms with Crippen LogP contribution >= 0.6 is 11.8 Å². The van der Waals surface area contributed by atoms with Crippen LogP contribution in [0.3, 0.4) is 0 Å². The second-order valence-corrected chi connectivity index (χ2v) is 5.74. The normalized spacial score (nSPS) is 18.5. The summed E-state index contributed by atoms with van der Waals surface area (Å²) >= 11 is 1.64. The molecule has 1 saturated heterocycles. The number of urea groups is 1. The molecule has 0 spiro atoms. The van der Waals surface area contributed by atoms with Crippen molar-refractivity contribution in [3.63, 3.8) is 0 Å². The largest absolute Gasteiger partial charge is 0.481 e. The summed E-state index contributed by atoms with van der Waals surface area (Å²) in [6.07, 6.45) is -0.0662. The van der Waals surface area contributed by atoms with Crippen molar-refractivity contribution in [2.24, 2.45) is 0 Å². The summed E-state index contributed by atoms with van der Waals surface area (Å²) in [4.78, 5) is 37.5. The monoisotopic (exact) mass is 303 g/mol. The van der Waals surface area contributed by atoms with Crippen molar-refractivity contribution in [3.05, 3.63) is 0 Å². The minimum Gasteiger partial charge on any atom is -0.481 e. The summed E-state index contributed by atoms with van der Waals surface area (Å²) in [5, 5.41) is 11.4. The van der Waals surface area contributed by atoms with Gasteiger partial charge < -0.3 is 20.2 Å². The van der Waals surface area contributed by atoms with Crippen molar-refractivity contribution in [2.75, 3.05) is 38.2 Å². The van der Waals surface area contributed by atoms with E-state index in [9.17, 15) is 14.4 Å². The van der Waals surface area contributed by atoms with Gasteiger partial charge in [-0.2, -0.15) is 11.8 Å². The summed E-state index contributed by atoms with van der Waals surface area (Å²) in [6, 6.07) is -0.681. The van der Waals surface area contributed by atoms with Gasteiger partial charge in [-0.1, -0.05) is 0 Å². The molecule has 114 valence electrons. The third kappa shape index (κ3) is 4.92. The van der Waals surface area contributed by atoms with Crippen LogP contribution in [0.4, 0.5) is 4.79 Å². The van der Waals surface area contributed by atoms with E-state index < -0.39 is 5.97 Å². The number of aliphatic carboxylic acids is 1. The van der Waals surface area contributed by atoms with Crippen LogP contribution in [0.15, 0.2) is 0 Å². The molecular formula is C12H21N3O4S. The molecule has 1 unspecified atom stereocenters. The molecule has 7 nitrogen and oxygen atoms in total. The highest BCUT2D eigenvalue weighted by Crippen LogP contribution is 2.18. The van der Waals surface area contributed by atoms with Crippen molar-refractivity contribution < 1.29 is 19.5 Å². The molecule has 0 saturated carbocycles. The fraction of sp³-hybridized carbons (Fsp3) is 0.750. The molecule has 0 aromatic heterocycles. The number of nitrogens with one attached hydrogen (secondary N) is 1. The van der Waals surface area contributed by atoms with Crippen LogP contribution < -0.4 is 5.32 Å². The predicted molar refractivity (Wildman–Crippen MR) is 76.8 cm³/mol. The average Bonchev–Trinajstić information content (AvgIpc) is 2.43. The number of carboxylic acids is 1. The van der Waals surface area contributed by atoms with Gasteiger partial charge in [0.15, 0.2) is 0 Å². The van der Waals surface area contributed by atoms with Crippen molar-refractivity contribution >= 4 is 29.7 Å². The smallest absolute Gasteiger partial charge is 0.318 e. The number of hydrogen-bond acceptors (Lipinski definition) is 4. The highest BCUT2D eigenvalue weighted by Gasteiger charge is 2.29. The van der Waals surface area contributed by atoms with Gasteiger partial charge in [0, 0.05) is 31.6 Å². The molecular weight excluding hydrogens is 282 g/mol. The highest BCUT2D eigenvalue weighted by atomic mass is 32.2. The Bertz CT molecular complexity index is 378. The summed E-state index contributed by atoms with van der Waals surface area (Å²) < 4.78 is 0. The first-order valence-corrected chi connectivity index (χ1v) is 7.69. The van der Waals surface area contributed by atoms with Gasteiger partial charge in [-0.15, -0.1) is 0 Å². The molecule has 0 aromatic carbocycles. The number of rotatable bonds is 5. The zero-order valence-corrected chi connectivity index (χ0v) is 12.6. The summed E-state index contributed by atoms with van der Waals surface area (Å²) in [6.45, 7) is 2.88. The van der Waals surface area contributed by atoms with Crippen LogP contribution in [0.2, 0.25) is 0 Å². The molecule has 1 aliphatic heterocycles. The van der Waals surface area contributed by atoms with Crippen LogP contribution in [-0.4, -0.2) is 77.0 Å². The number of likely N-dealkylation sites (N-methyl/N-ethyl adjacent to an activating group) is 1. The van der Waals surface area contributed by atoms with E-state index in [1.165, 1.54) is 9.80 Å². The molecule has 1 aliphatic rings. The maximum Gasteiger partial charge on any atom is 0.318 e. The Labute approximate surface area is 122 Å². The van der Waals surface area contributed by atoms with Crippen LogP contribution in [0, 0.1) is 0 Å². The quantitative estimate of drug-likeness (QED) is 0.750. The summed E-state index contributed by atoms with van der Waals surface area (Å²) in [5.41, 5.74) is 0. The minimum absolute atomic E-state index is 0.0629. The Morgan fingerprint density at radius 2 is 2.15 bits per heavy atom. The molecule has 3 amide bonds. The first-order chi connectivity index (χ1) is 9.45. The third-order valence-corrected chi connectivity index (χ3v) is 4.28. The van der Waals surface area contributed by atoms with Crippen LogP contribution in [0.25, 0.3) is 0 Å². The van der Waals surface area contributed by atoms with E-state index in [1.54, 1.807) is 18.8 Å². The van der Waals surface area contributed by atoms with Gasteiger partial charge >= 0.3 is 12.0 Å². The van der Waals surface area contributed by atoms with Gasteiger partial charge in [0.05, 0.1) is 19.0 Å². The van der Waals surface area contributed by atoms with Crippen molar-refractivity contribution in [2.45, 2.75) is 19.4 Å². The molecule has 1 atom stereocenters. The molecule has 1 rings (SSSR count). The highest BCUT2D eigenvalue weighted by molar-refractivity contribution is 7.99. The zero-order chi connectivity index (χ0) is 15.1. The van der Waals surface area contributed by atoms with E-state index in [0.717, 1.165) is 5.75 Å². The number of hydrogen-bond donors (Lipinski definition) is 2. The molecule has 0 radical (unpaired) electrons. The van der Waals surface area contributed by atoms with Gasteiger partial charge in [0.2, 0.25) is 5.91 Å². The van der Waals surface area contributed by atoms with Crippen molar-refractivity contribution in [1.82, 2.24) is 15.1 Å². The van der Waals surface area contributed by atoms with Gasteiger partial charge in [-0.25, -0.2) is 4.79 Å². The Kier molecular flexibility index (Phi) is 6.63. The van der Waals surface area contributed by atoms with Crippen LogP contribution in [0.5, 0.6) is 0 Å². The number of amides is 3. The Hall–Kier alpha value is -1.44. The molecule has 1 heterocycles. The molecule has 0 aliphatic carbocycles. The topological polar surface area (TPSA) is 90.0 Å². The number of thioether (sulfide) groups is 1. The lowest BCUT2D eigenvalue weighted by Gasteiger charge is -2.34. The van der Waals surface area contributed by atoms with Crippen LogP contribution in [0.1, 0.15) is 13.3 Å². The second kappa shape index (κ2) is 7.98. The summed E-state index contributed by atoms with van der Waals surface area (Å²) in [5.74, 6) is 0.314. The molecule has 0 aromatic rings.